The van der Waals surface area contributed by atoms with Crippen LogP contribution < -0.4 is 14.4 Å². The molecule has 0 saturated heterocycles. The molecule has 0 fully saturated rings. The van der Waals surface area contributed by atoms with E-state index in [4.69, 9.17) is 27.9 Å². The van der Waals surface area contributed by atoms with Crippen molar-refractivity contribution < 1.29 is 22.7 Å². The number of nitrogens with one attached hydrogen (secondary N) is 1. The first kappa shape index (κ1) is 33.2. The summed E-state index contributed by atoms with van der Waals surface area (Å²) in [4.78, 5) is 28.9. The van der Waals surface area contributed by atoms with Gasteiger partial charge in [-0.3, -0.25) is 13.9 Å². The van der Waals surface area contributed by atoms with E-state index in [-0.39, 0.29) is 33.8 Å². The number of methoxy groups -OCH3 is 1. The van der Waals surface area contributed by atoms with Gasteiger partial charge in [-0.1, -0.05) is 79.4 Å². The van der Waals surface area contributed by atoms with E-state index in [2.05, 4.69) is 5.32 Å². The van der Waals surface area contributed by atoms with E-state index >= 15 is 0 Å². The van der Waals surface area contributed by atoms with Crippen LogP contribution in [0.25, 0.3) is 0 Å². The molecule has 3 aromatic carbocycles. The number of amides is 2. The van der Waals surface area contributed by atoms with Gasteiger partial charge in [-0.25, -0.2) is 8.42 Å². The van der Waals surface area contributed by atoms with Crippen LogP contribution in [0.2, 0.25) is 10.0 Å². The summed E-state index contributed by atoms with van der Waals surface area (Å²) in [5.74, 6) is -0.699. The van der Waals surface area contributed by atoms with Gasteiger partial charge in [0.05, 0.1) is 17.7 Å². The molecule has 0 aliphatic rings. The number of hydrogen-bond acceptors (Lipinski definition) is 5. The van der Waals surface area contributed by atoms with Crippen molar-refractivity contribution in [3.05, 3.63) is 87.9 Å². The molecule has 0 unspecified atom stereocenters. The van der Waals surface area contributed by atoms with Crippen LogP contribution in [0.4, 0.5) is 5.69 Å². The summed E-state index contributed by atoms with van der Waals surface area (Å²) < 4.78 is 34.6. The molecular formula is C31H37Cl2N3O5S. The third-order valence-corrected chi connectivity index (χ3v) is 9.19. The number of unbranched alkanes of at least 4 members (excludes halogenated alkanes) is 1. The quantitative estimate of drug-likeness (QED) is 0.212. The third kappa shape index (κ3) is 8.18. The Bertz CT molecular complexity index is 1480. The average Bonchev–Trinajstić information content (AvgIpc) is 2.97. The first-order valence-electron chi connectivity index (χ1n) is 13.8. The minimum absolute atomic E-state index is 0.00328. The summed E-state index contributed by atoms with van der Waals surface area (Å²) in [7, 11) is -2.87. The number of ether oxygens (including phenoxy) is 1. The summed E-state index contributed by atoms with van der Waals surface area (Å²) >= 11 is 12.7. The zero-order valence-corrected chi connectivity index (χ0v) is 26.6. The van der Waals surface area contributed by atoms with Gasteiger partial charge in [-0.05, 0) is 61.7 Å². The van der Waals surface area contributed by atoms with Crippen LogP contribution in [0.5, 0.6) is 5.75 Å². The summed E-state index contributed by atoms with van der Waals surface area (Å²) in [6.07, 6.45) is 1.99. The Morgan fingerprint density at radius 1 is 1.00 bits per heavy atom. The summed E-state index contributed by atoms with van der Waals surface area (Å²) in [6, 6.07) is 17.0. The third-order valence-electron chi connectivity index (χ3n) is 6.81. The Hall–Kier alpha value is -3.27. The first-order chi connectivity index (χ1) is 20.0. The Balaban J connectivity index is 2.11. The highest BCUT2D eigenvalue weighted by molar-refractivity contribution is 7.92. The lowest BCUT2D eigenvalue weighted by atomic mass is 10.1. The van der Waals surface area contributed by atoms with Gasteiger partial charge in [0.1, 0.15) is 18.3 Å². The molecule has 0 spiro atoms. The topological polar surface area (TPSA) is 96.0 Å². The van der Waals surface area contributed by atoms with Crippen molar-refractivity contribution in [1.82, 2.24) is 10.2 Å². The van der Waals surface area contributed by atoms with E-state index in [1.165, 1.54) is 36.3 Å². The van der Waals surface area contributed by atoms with Crippen LogP contribution in [0.1, 0.15) is 44.2 Å². The van der Waals surface area contributed by atoms with Gasteiger partial charge in [-0.2, -0.15) is 0 Å². The minimum atomic E-state index is -4.28. The van der Waals surface area contributed by atoms with Crippen molar-refractivity contribution in [2.24, 2.45) is 0 Å². The molecule has 0 radical (unpaired) electrons. The van der Waals surface area contributed by atoms with Gasteiger partial charge in [-0.15, -0.1) is 0 Å². The van der Waals surface area contributed by atoms with Gasteiger partial charge in [0, 0.05) is 23.1 Å². The maximum Gasteiger partial charge on any atom is 0.264 e. The fourth-order valence-corrected chi connectivity index (χ4v) is 6.22. The number of anilines is 1. The maximum atomic E-state index is 14.2. The van der Waals surface area contributed by atoms with E-state index in [1.54, 1.807) is 49.4 Å². The molecule has 0 heterocycles. The smallest absolute Gasteiger partial charge is 0.264 e. The van der Waals surface area contributed by atoms with Crippen molar-refractivity contribution in [2.45, 2.75) is 57.5 Å². The largest absolute Gasteiger partial charge is 0.495 e. The SMILES string of the molecule is CCCCNC(=O)[C@@H](CC)N(Cc1ccccc1Cl)C(=O)CN(c1cc(Cl)ccc1OC)S(=O)(=O)c1ccc(C)cc1. The molecule has 0 aromatic heterocycles. The number of benzene rings is 3. The lowest BCUT2D eigenvalue weighted by Gasteiger charge is -2.33. The second-order valence-corrected chi connectivity index (χ2v) is 12.5. The molecule has 226 valence electrons. The first-order valence-corrected chi connectivity index (χ1v) is 16.0. The second-order valence-electron chi connectivity index (χ2n) is 9.82. The Kier molecular flexibility index (Phi) is 12.1. The molecule has 1 atom stereocenters. The van der Waals surface area contributed by atoms with E-state index in [1.807, 2.05) is 13.8 Å². The minimum Gasteiger partial charge on any atom is -0.495 e. The summed E-state index contributed by atoms with van der Waals surface area (Å²) in [5.41, 5.74) is 1.60. The fourth-order valence-electron chi connectivity index (χ4n) is 4.44. The van der Waals surface area contributed by atoms with Crippen molar-refractivity contribution in [3.8, 4) is 5.75 Å². The predicted molar refractivity (Wildman–Crippen MR) is 168 cm³/mol. The number of carbonyl (C=O) groups is 2. The van der Waals surface area contributed by atoms with Gasteiger partial charge in [0.25, 0.3) is 10.0 Å². The van der Waals surface area contributed by atoms with E-state index in [9.17, 15) is 18.0 Å². The van der Waals surface area contributed by atoms with Gasteiger partial charge in [0.2, 0.25) is 11.8 Å². The Morgan fingerprint density at radius 3 is 2.31 bits per heavy atom. The van der Waals surface area contributed by atoms with Gasteiger partial charge < -0.3 is 15.0 Å². The number of halogens is 2. The van der Waals surface area contributed by atoms with Gasteiger partial charge >= 0.3 is 0 Å². The van der Waals surface area contributed by atoms with Crippen molar-refractivity contribution in [2.75, 3.05) is 24.5 Å². The molecule has 8 nitrogen and oxygen atoms in total. The van der Waals surface area contributed by atoms with Crippen LogP contribution >= 0.6 is 23.2 Å². The standard InChI is InChI=1S/C31H37Cl2N3O5S/c1-5-7-18-34-31(38)27(6-2)35(20-23-10-8-9-11-26(23)33)30(37)21-36(28-19-24(32)14-17-29(28)41-4)42(39,40)25-15-12-22(3)13-16-25/h8-17,19,27H,5-7,18,20-21H2,1-4H3,(H,34,38)/t27-/m1/s1. The Labute approximate surface area is 258 Å². The van der Waals surface area contributed by atoms with Crippen LogP contribution in [0.15, 0.2) is 71.6 Å². The molecule has 0 aliphatic carbocycles. The maximum absolute atomic E-state index is 14.2. The molecule has 2 amide bonds. The lowest BCUT2D eigenvalue weighted by Crippen LogP contribution is -2.52. The Morgan fingerprint density at radius 2 is 1.69 bits per heavy atom. The zero-order chi connectivity index (χ0) is 30.9. The fraction of sp³-hybridized carbons (Fsp3) is 0.355. The number of rotatable bonds is 14. The molecule has 42 heavy (non-hydrogen) atoms. The van der Waals surface area contributed by atoms with E-state index in [0.717, 1.165) is 22.7 Å². The molecule has 11 heteroatoms. The van der Waals surface area contributed by atoms with Crippen molar-refractivity contribution >= 4 is 50.7 Å². The summed E-state index contributed by atoms with van der Waals surface area (Å²) in [6.45, 7) is 5.52. The molecule has 0 saturated carbocycles. The predicted octanol–water partition coefficient (Wildman–Crippen LogP) is 6.23. The molecule has 0 aliphatic heterocycles. The molecular weight excluding hydrogens is 597 g/mol. The van der Waals surface area contributed by atoms with Crippen LogP contribution in [0.3, 0.4) is 0 Å². The lowest BCUT2D eigenvalue weighted by molar-refractivity contribution is -0.140. The van der Waals surface area contributed by atoms with Gasteiger partial charge in [0.15, 0.2) is 0 Å². The normalized spacial score (nSPS) is 12.0. The summed E-state index contributed by atoms with van der Waals surface area (Å²) in [5, 5.41) is 3.60. The molecule has 1 N–H and O–H groups in total. The van der Waals surface area contributed by atoms with Crippen LogP contribution in [0, 0.1) is 6.92 Å². The second kappa shape index (κ2) is 15.3. The highest BCUT2D eigenvalue weighted by Gasteiger charge is 2.35. The monoisotopic (exact) mass is 633 g/mol. The highest BCUT2D eigenvalue weighted by Crippen LogP contribution is 2.35. The van der Waals surface area contributed by atoms with Crippen molar-refractivity contribution in [3.63, 3.8) is 0 Å². The highest BCUT2D eigenvalue weighted by atomic mass is 35.5. The molecule has 3 rings (SSSR count). The number of hydrogen-bond donors (Lipinski definition) is 1. The van der Waals surface area contributed by atoms with Crippen LogP contribution in [-0.4, -0.2) is 51.4 Å². The average molecular weight is 635 g/mol. The molecule has 3 aromatic rings. The van der Waals surface area contributed by atoms with Crippen molar-refractivity contribution in [1.29, 1.82) is 0 Å². The zero-order valence-electron chi connectivity index (χ0n) is 24.3. The van der Waals surface area contributed by atoms with E-state index in [0.29, 0.717) is 23.6 Å². The number of sulfonamides is 1. The number of carbonyl (C=O) groups excluding carboxylic acids is 2. The van der Waals surface area contributed by atoms with Crippen LogP contribution in [-0.2, 0) is 26.2 Å². The van der Waals surface area contributed by atoms with E-state index < -0.39 is 28.5 Å². The number of aryl methyl sites for hydroxylation is 1. The molecule has 0 bridgehead atoms. The number of nitrogens with zero attached hydrogens (tertiary/aromatic N) is 2.